The van der Waals surface area contributed by atoms with Gasteiger partial charge in [0.2, 0.25) is 0 Å². The van der Waals surface area contributed by atoms with E-state index in [4.69, 9.17) is 9.47 Å². The van der Waals surface area contributed by atoms with Crippen molar-refractivity contribution in [1.82, 2.24) is 20.0 Å². The highest BCUT2D eigenvalue weighted by molar-refractivity contribution is 5.94. The van der Waals surface area contributed by atoms with Crippen LogP contribution in [-0.2, 0) is 0 Å². The number of methoxy groups -OCH3 is 2. The number of carbonyl (C=O) groups is 1. The first-order valence-corrected chi connectivity index (χ1v) is 12.0. The second-order valence-corrected chi connectivity index (χ2v) is 9.08. The monoisotopic (exact) mass is 515 g/mol. The summed E-state index contributed by atoms with van der Waals surface area (Å²) in [5, 5.41) is 10.7. The second kappa shape index (κ2) is 9.97. The van der Waals surface area contributed by atoms with Crippen molar-refractivity contribution >= 4 is 11.7 Å². The first-order valence-electron chi connectivity index (χ1n) is 12.0. The fourth-order valence-electron chi connectivity index (χ4n) is 4.84. The van der Waals surface area contributed by atoms with Crippen LogP contribution in [0.4, 0.5) is 19.0 Å². The number of ether oxygens (including phenoxy) is 2. The van der Waals surface area contributed by atoms with Crippen molar-refractivity contribution in [3.05, 3.63) is 59.7 Å². The number of hydrogen-bond donors (Lipinski definition) is 2. The highest BCUT2D eigenvalue weighted by atomic mass is 19.4. The van der Waals surface area contributed by atoms with E-state index >= 15 is 0 Å². The summed E-state index contributed by atoms with van der Waals surface area (Å²) in [5.41, 5.74) is 2.21. The molecule has 8 nitrogen and oxygen atoms in total. The van der Waals surface area contributed by atoms with Crippen molar-refractivity contribution in [2.75, 3.05) is 45.7 Å². The van der Waals surface area contributed by atoms with Gasteiger partial charge in [-0.3, -0.25) is 4.79 Å². The Kier molecular flexibility index (Phi) is 6.72. The molecule has 0 radical (unpaired) electrons. The van der Waals surface area contributed by atoms with Gasteiger partial charge in [-0.2, -0.15) is 18.3 Å². The van der Waals surface area contributed by atoms with Crippen LogP contribution in [-0.4, -0.2) is 67.2 Å². The number of piperazine rings is 1. The van der Waals surface area contributed by atoms with Crippen molar-refractivity contribution in [2.24, 2.45) is 0 Å². The van der Waals surface area contributed by atoms with Crippen LogP contribution < -0.4 is 20.1 Å². The maximum absolute atomic E-state index is 14.1. The van der Waals surface area contributed by atoms with E-state index in [2.05, 4.69) is 15.7 Å². The molecule has 2 aliphatic rings. The van der Waals surface area contributed by atoms with Crippen LogP contribution >= 0.6 is 0 Å². The van der Waals surface area contributed by atoms with E-state index in [1.54, 1.807) is 53.4 Å². The van der Waals surface area contributed by atoms with E-state index in [1.807, 2.05) is 0 Å². The zero-order valence-electron chi connectivity index (χ0n) is 20.5. The van der Waals surface area contributed by atoms with E-state index < -0.39 is 18.3 Å². The minimum atomic E-state index is -4.49. The number of rotatable bonds is 5. The normalized spacial score (nSPS) is 19.6. The molecule has 1 amide bonds. The number of amides is 1. The number of fused-ring (bicyclic) bond motifs is 1. The number of halogens is 3. The minimum Gasteiger partial charge on any atom is -0.493 e. The SMILES string of the molecule is COc1ccc(C2CC(C(F)(F)F)n3nc(-c4ccc(C(=O)N5CCNCC5)cc4)cc3N2)cc1OC. The molecule has 0 saturated carbocycles. The molecule has 3 aromatic rings. The second-order valence-electron chi connectivity index (χ2n) is 9.08. The molecular formula is C26H28F3N5O3. The number of carbonyl (C=O) groups excluding carboxylic acids is 1. The number of nitrogens with one attached hydrogen (secondary N) is 2. The van der Waals surface area contributed by atoms with Crippen LogP contribution in [0.2, 0.25) is 0 Å². The Morgan fingerprint density at radius 2 is 1.70 bits per heavy atom. The predicted octanol–water partition coefficient (Wildman–Crippen LogP) is 4.27. The van der Waals surface area contributed by atoms with Crippen molar-refractivity contribution in [2.45, 2.75) is 24.7 Å². The number of alkyl halides is 3. The molecule has 11 heteroatoms. The average Bonchev–Trinajstić information content (AvgIpc) is 3.36. The Labute approximate surface area is 212 Å². The van der Waals surface area contributed by atoms with Crippen molar-refractivity contribution in [1.29, 1.82) is 0 Å². The Morgan fingerprint density at radius 1 is 1.00 bits per heavy atom. The van der Waals surface area contributed by atoms with Gasteiger partial charge in [0.1, 0.15) is 5.82 Å². The summed E-state index contributed by atoms with van der Waals surface area (Å²) in [6.07, 6.45) is -4.72. The summed E-state index contributed by atoms with van der Waals surface area (Å²) < 4.78 is 54.0. The predicted molar refractivity (Wildman–Crippen MR) is 132 cm³/mol. The Morgan fingerprint density at radius 3 is 2.35 bits per heavy atom. The number of aromatic nitrogens is 2. The molecule has 0 aliphatic carbocycles. The third kappa shape index (κ3) is 4.95. The third-order valence-corrected chi connectivity index (χ3v) is 6.83. The number of benzene rings is 2. The van der Waals surface area contributed by atoms with Gasteiger partial charge in [-0.25, -0.2) is 4.68 Å². The van der Waals surface area contributed by atoms with Crippen LogP contribution in [0.5, 0.6) is 11.5 Å². The van der Waals surface area contributed by atoms with Gasteiger partial charge in [0.15, 0.2) is 17.5 Å². The lowest BCUT2D eigenvalue weighted by Crippen LogP contribution is -2.46. The molecule has 1 aromatic heterocycles. The molecule has 3 heterocycles. The lowest BCUT2D eigenvalue weighted by atomic mass is 9.96. The fourth-order valence-corrected chi connectivity index (χ4v) is 4.84. The molecule has 196 valence electrons. The summed E-state index contributed by atoms with van der Waals surface area (Å²) in [6.45, 7) is 2.78. The van der Waals surface area contributed by atoms with Gasteiger partial charge in [0.05, 0.1) is 26.0 Å². The maximum atomic E-state index is 14.1. The standard InChI is InChI=1S/C26H28F3N5O3/c1-36-21-8-7-18(13-22(21)37-2)19-14-23(26(27,28)29)34-24(31-19)15-20(32-34)16-3-5-17(6-4-16)25(35)33-11-9-30-10-12-33/h3-8,13,15,19,23,30-31H,9-12,14H2,1-2H3. The lowest BCUT2D eigenvalue weighted by Gasteiger charge is -2.33. The van der Waals surface area contributed by atoms with Gasteiger partial charge in [0.25, 0.3) is 5.91 Å². The van der Waals surface area contributed by atoms with Gasteiger partial charge in [-0.05, 0) is 29.8 Å². The number of anilines is 1. The Balaban J connectivity index is 1.42. The first-order chi connectivity index (χ1) is 17.8. The minimum absolute atomic E-state index is 0.0613. The molecule has 1 saturated heterocycles. The van der Waals surface area contributed by atoms with Gasteiger partial charge in [-0.1, -0.05) is 18.2 Å². The number of hydrogen-bond acceptors (Lipinski definition) is 6. The quantitative estimate of drug-likeness (QED) is 0.528. The van der Waals surface area contributed by atoms with Crippen LogP contribution in [0, 0.1) is 0 Å². The zero-order chi connectivity index (χ0) is 26.2. The summed E-state index contributed by atoms with van der Waals surface area (Å²) >= 11 is 0. The summed E-state index contributed by atoms with van der Waals surface area (Å²) in [6, 6.07) is 11.1. The van der Waals surface area contributed by atoms with Gasteiger partial charge < -0.3 is 25.0 Å². The molecule has 37 heavy (non-hydrogen) atoms. The smallest absolute Gasteiger partial charge is 0.410 e. The molecule has 2 aliphatic heterocycles. The van der Waals surface area contributed by atoms with Gasteiger partial charge in [-0.15, -0.1) is 0 Å². The number of nitrogens with zero attached hydrogens (tertiary/aromatic N) is 3. The van der Waals surface area contributed by atoms with Gasteiger partial charge in [0, 0.05) is 49.8 Å². The molecule has 2 aromatic carbocycles. The average molecular weight is 516 g/mol. The van der Waals surface area contributed by atoms with Crippen LogP contribution in [0.1, 0.15) is 34.4 Å². The highest BCUT2D eigenvalue weighted by Gasteiger charge is 2.46. The fraction of sp³-hybridized carbons (Fsp3) is 0.385. The first kappa shape index (κ1) is 24.9. The van der Waals surface area contributed by atoms with Crippen LogP contribution in [0.3, 0.4) is 0 Å². The molecule has 1 fully saturated rings. The third-order valence-electron chi connectivity index (χ3n) is 6.83. The van der Waals surface area contributed by atoms with E-state index in [0.717, 1.165) is 17.8 Å². The molecule has 2 atom stereocenters. The molecule has 2 unspecified atom stereocenters. The maximum Gasteiger partial charge on any atom is 0.410 e. The lowest BCUT2D eigenvalue weighted by molar-refractivity contribution is -0.173. The molecule has 0 spiro atoms. The van der Waals surface area contributed by atoms with E-state index in [0.29, 0.717) is 47.0 Å². The van der Waals surface area contributed by atoms with E-state index in [9.17, 15) is 18.0 Å². The Bertz CT molecular complexity index is 1270. The zero-order valence-corrected chi connectivity index (χ0v) is 20.5. The van der Waals surface area contributed by atoms with Gasteiger partial charge >= 0.3 is 6.18 Å². The molecule has 5 rings (SSSR count). The highest BCUT2D eigenvalue weighted by Crippen LogP contribution is 2.45. The van der Waals surface area contributed by atoms with E-state index in [1.165, 1.54) is 14.2 Å². The van der Waals surface area contributed by atoms with E-state index in [-0.39, 0.29) is 18.1 Å². The summed E-state index contributed by atoms with van der Waals surface area (Å²) in [7, 11) is 2.99. The van der Waals surface area contributed by atoms with Crippen molar-refractivity contribution < 1.29 is 27.4 Å². The largest absolute Gasteiger partial charge is 0.493 e. The van der Waals surface area contributed by atoms with Crippen LogP contribution in [0.15, 0.2) is 48.5 Å². The molecule has 2 N–H and O–H groups in total. The van der Waals surface area contributed by atoms with Crippen molar-refractivity contribution in [3.8, 4) is 22.8 Å². The van der Waals surface area contributed by atoms with Crippen LogP contribution in [0.25, 0.3) is 11.3 Å². The molecular weight excluding hydrogens is 487 g/mol. The molecule has 0 bridgehead atoms. The summed E-state index contributed by atoms with van der Waals surface area (Å²) in [5.74, 6) is 1.15. The topological polar surface area (TPSA) is 80.7 Å². The Hall–Kier alpha value is -3.73. The van der Waals surface area contributed by atoms with Crippen molar-refractivity contribution in [3.63, 3.8) is 0 Å². The summed E-state index contributed by atoms with van der Waals surface area (Å²) in [4.78, 5) is 14.5.